The highest BCUT2D eigenvalue weighted by Gasteiger charge is 2.39. The van der Waals surface area contributed by atoms with Crippen molar-refractivity contribution in [3.8, 4) is 5.75 Å². The first-order valence-corrected chi connectivity index (χ1v) is 5.76. The Balaban J connectivity index is 1.91. The second-order valence-electron chi connectivity index (χ2n) is 4.59. The molecule has 1 aromatic carbocycles. The Bertz CT molecular complexity index is 402. The summed E-state index contributed by atoms with van der Waals surface area (Å²) in [5, 5.41) is 0. The molecule has 1 aliphatic rings. The summed E-state index contributed by atoms with van der Waals surface area (Å²) in [6.07, 6.45) is 1.13. The molecule has 0 unspecified atom stereocenters. The predicted molar refractivity (Wildman–Crippen MR) is 66.1 cm³/mol. The molecule has 92 valence electrons. The maximum Gasteiger partial charge on any atom is 0.314 e. The van der Waals surface area contributed by atoms with E-state index in [0.29, 0.717) is 11.8 Å². The molecule has 0 heterocycles. The highest BCUT2D eigenvalue weighted by Crippen LogP contribution is 2.47. The SMILES string of the molecule is COc1ccc([C@@H]2C[C@H]2CN(C)C(N)=O)cc1. The number of benzene rings is 1. The number of methoxy groups -OCH3 is 1. The van der Waals surface area contributed by atoms with Crippen LogP contribution < -0.4 is 10.5 Å². The molecule has 4 heteroatoms. The van der Waals surface area contributed by atoms with Gasteiger partial charge in [-0.15, -0.1) is 0 Å². The molecule has 4 nitrogen and oxygen atoms in total. The Kier molecular flexibility index (Phi) is 3.22. The summed E-state index contributed by atoms with van der Waals surface area (Å²) >= 11 is 0. The van der Waals surface area contributed by atoms with Crippen LogP contribution in [0.25, 0.3) is 0 Å². The number of nitrogens with zero attached hydrogens (tertiary/aromatic N) is 1. The minimum Gasteiger partial charge on any atom is -0.497 e. The minimum absolute atomic E-state index is 0.356. The van der Waals surface area contributed by atoms with Gasteiger partial charge in [-0.3, -0.25) is 0 Å². The van der Waals surface area contributed by atoms with Crippen molar-refractivity contribution in [3.63, 3.8) is 0 Å². The summed E-state index contributed by atoms with van der Waals surface area (Å²) in [6, 6.07) is 7.78. The summed E-state index contributed by atoms with van der Waals surface area (Å²) in [5.74, 6) is 1.98. The topological polar surface area (TPSA) is 55.6 Å². The first kappa shape index (κ1) is 11.8. The smallest absolute Gasteiger partial charge is 0.314 e. The average Bonchev–Trinajstić information content (AvgIpc) is 3.08. The Hall–Kier alpha value is -1.71. The molecule has 1 saturated carbocycles. The molecule has 1 fully saturated rings. The lowest BCUT2D eigenvalue weighted by molar-refractivity contribution is 0.216. The van der Waals surface area contributed by atoms with E-state index < -0.39 is 0 Å². The molecule has 0 saturated heterocycles. The van der Waals surface area contributed by atoms with Crippen LogP contribution in [0.5, 0.6) is 5.75 Å². The van der Waals surface area contributed by atoms with Crippen molar-refractivity contribution < 1.29 is 9.53 Å². The second-order valence-corrected chi connectivity index (χ2v) is 4.59. The first-order chi connectivity index (χ1) is 8.11. The Morgan fingerprint density at radius 2 is 2.12 bits per heavy atom. The number of urea groups is 1. The molecule has 17 heavy (non-hydrogen) atoms. The third kappa shape index (κ3) is 2.70. The molecule has 2 atom stereocenters. The van der Waals surface area contributed by atoms with Crippen LogP contribution in [-0.2, 0) is 0 Å². The van der Waals surface area contributed by atoms with Crippen LogP contribution >= 0.6 is 0 Å². The quantitative estimate of drug-likeness (QED) is 0.863. The van der Waals surface area contributed by atoms with Crippen LogP contribution in [0.4, 0.5) is 4.79 Å². The van der Waals surface area contributed by atoms with Crippen molar-refractivity contribution in [1.29, 1.82) is 0 Å². The van der Waals surface area contributed by atoms with Crippen LogP contribution in [-0.4, -0.2) is 31.6 Å². The summed E-state index contributed by atoms with van der Waals surface area (Å²) in [7, 11) is 3.41. The standard InChI is InChI=1S/C13H18N2O2/c1-15(13(14)16)8-10-7-12(10)9-3-5-11(17-2)6-4-9/h3-6,10,12H,7-8H2,1-2H3,(H2,14,16)/t10-,12-/m0/s1. The van der Waals surface area contributed by atoms with E-state index in [2.05, 4.69) is 12.1 Å². The monoisotopic (exact) mass is 234 g/mol. The van der Waals surface area contributed by atoms with E-state index in [4.69, 9.17) is 10.5 Å². The summed E-state index contributed by atoms with van der Waals surface area (Å²) in [5.41, 5.74) is 6.52. The third-order valence-electron chi connectivity index (χ3n) is 3.35. The van der Waals surface area contributed by atoms with Crippen molar-refractivity contribution in [2.45, 2.75) is 12.3 Å². The number of primary amides is 1. The Morgan fingerprint density at radius 3 is 2.65 bits per heavy atom. The number of hydrogen-bond donors (Lipinski definition) is 1. The maximum atomic E-state index is 10.9. The predicted octanol–water partition coefficient (Wildman–Crippen LogP) is 1.81. The van der Waals surface area contributed by atoms with Gasteiger partial charge in [-0.2, -0.15) is 0 Å². The minimum atomic E-state index is -0.356. The molecule has 0 radical (unpaired) electrons. The molecule has 1 aliphatic carbocycles. The highest BCUT2D eigenvalue weighted by atomic mass is 16.5. The van der Waals surface area contributed by atoms with Gasteiger partial charge in [0.05, 0.1) is 7.11 Å². The molecule has 2 amide bonds. The normalized spacial score (nSPS) is 22.0. The lowest BCUT2D eigenvalue weighted by Crippen LogP contribution is -2.33. The number of carbonyl (C=O) groups is 1. The van der Waals surface area contributed by atoms with E-state index in [0.717, 1.165) is 18.7 Å². The van der Waals surface area contributed by atoms with Gasteiger partial charge in [0.2, 0.25) is 0 Å². The lowest BCUT2D eigenvalue weighted by atomic mass is 10.1. The van der Waals surface area contributed by atoms with Gasteiger partial charge in [-0.25, -0.2) is 4.79 Å². The molecule has 0 aliphatic heterocycles. The Morgan fingerprint density at radius 1 is 1.47 bits per heavy atom. The molecule has 0 spiro atoms. The lowest BCUT2D eigenvalue weighted by Gasteiger charge is -2.13. The first-order valence-electron chi connectivity index (χ1n) is 5.76. The number of rotatable bonds is 4. The van der Waals surface area contributed by atoms with Gasteiger partial charge in [0, 0.05) is 13.6 Å². The van der Waals surface area contributed by atoms with Crippen molar-refractivity contribution in [2.24, 2.45) is 11.7 Å². The average molecular weight is 234 g/mol. The van der Waals surface area contributed by atoms with Crippen LogP contribution in [0.2, 0.25) is 0 Å². The fourth-order valence-corrected chi connectivity index (χ4v) is 2.15. The molecular formula is C13H18N2O2. The third-order valence-corrected chi connectivity index (χ3v) is 3.35. The van der Waals surface area contributed by atoms with Crippen molar-refractivity contribution >= 4 is 6.03 Å². The largest absolute Gasteiger partial charge is 0.497 e. The van der Waals surface area contributed by atoms with Crippen LogP contribution in [0.3, 0.4) is 0 Å². The van der Waals surface area contributed by atoms with Crippen molar-refractivity contribution in [2.75, 3.05) is 20.7 Å². The van der Waals surface area contributed by atoms with Gasteiger partial charge in [-0.1, -0.05) is 12.1 Å². The van der Waals surface area contributed by atoms with Crippen molar-refractivity contribution in [1.82, 2.24) is 4.90 Å². The highest BCUT2D eigenvalue weighted by molar-refractivity contribution is 5.71. The fraction of sp³-hybridized carbons (Fsp3) is 0.462. The second kappa shape index (κ2) is 4.65. The maximum absolute atomic E-state index is 10.9. The molecule has 2 N–H and O–H groups in total. The van der Waals surface area contributed by atoms with Crippen LogP contribution in [0, 0.1) is 5.92 Å². The van der Waals surface area contributed by atoms with Crippen LogP contribution in [0.15, 0.2) is 24.3 Å². The number of ether oxygens (including phenoxy) is 1. The van der Waals surface area contributed by atoms with Gasteiger partial charge in [0.25, 0.3) is 0 Å². The zero-order chi connectivity index (χ0) is 12.4. The van der Waals surface area contributed by atoms with Gasteiger partial charge < -0.3 is 15.4 Å². The van der Waals surface area contributed by atoms with E-state index >= 15 is 0 Å². The van der Waals surface area contributed by atoms with Gasteiger partial charge in [0.15, 0.2) is 0 Å². The Labute approximate surface area is 101 Å². The number of hydrogen-bond acceptors (Lipinski definition) is 2. The van der Waals surface area contributed by atoms with E-state index in [1.165, 1.54) is 5.56 Å². The molecule has 0 bridgehead atoms. The van der Waals surface area contributed by atoms with E-state index in [-0.39, 0.29) is 6.03 Å². The number of nitrogens with two attached hydrogens (primary N) is 1. The summed E-state index contributed by atoms with van der Waals surface area (Å²) in [6.45, 7) is 0.742. The summed E-state index contributed by atoms with van der Waals surface area (Å²) in [4.78, 5) is 12.5. The fourth-order valence-electron chi connectivity index (χ4n) is 2.15. The molecular weight excluding hydrogens is 216 g/mol. The summed E-state index contributed by atoms with van der Waals surface area (Å²) < 4.78 is 5.12. The van der Waals surface area contributed by atoms with E-state index in [1.54, 1.807) is 19.1 Å². The molecule has 0 aromatic heterocycles. The number of carbonyl (C=O) groups excluding carboxylic acids is 1. The van der Waals surface area contributed by atoms with E-state index in [9.17, 15) is 4.79 Å². The van der Waals surface area contributed by atoms with E-state index in [1.807, 2.05) is 12.1 Å². The van der Waals surface area contributed by atoms with Gasteiger partial charge >= 0.3 is 6.03 Å². The van der Waals surface area contributed by atoms with Crippen molar-refractivity contribution in [3.05, 3.63) is 29.8 Å². The number of amides is 2. The molecule has 2 rings (SSSR count). The molecule has 1 aromatic rings. The zero-order valence-corrected chi connectivity index (χ0v) is 10.2. The van der Waals surface area contributed by atoms with Gasteiger partial charge in [0.1, 0.15) is 5.75 Å². The zero-order valence-electron chi connectivity index (χ0n) is 10.2. The van der Waals surface area contributed by atoms with Crippen LogP contribution in [0.1, 0.15) is 17.9 Å². The van der Waals surface area contributed by atoms with Gasteiger partial charge in [-0.05, 0) is 36.0 Å².